The Morgan fingerprint density at radius 2 is 1.89 bits per heavy atom. The van der Waals surface area contributed by atoms with Crippen LogP contribution < -0.4 is 10.7 Å². The summed E-state index contributed by atoms with van der Waals surface area (Å²) in [6, 6.07) is 0. The van der Waals surface area contributed by atoms with Crippen LogP contribution in [-0.4, -0.2) is 83.2 Å². The van der Waals surface area contributed by atoms with Gasteiger partial charge in [0.1, 0.15) is 12.9 Å². The number of rotatable bonds is 6. The lowest BCUT2D eigenvalue weighted by Crippen LogP contribution is -2.75. The van der Waals surface area contributed by atoms with Gasteiger partial charge >= 0.3 is 0 Å². The third-order valence-electron chi connectivity index (χ3n) is 12.2. The number of aromatic nitrogens is 6. The molecule has 5 fully saturated rings. The van der Waals surface area contributed by atoms with Gasteiger partial charge in [-0.1, -0.05) is 6.92 Å². The Morgan fingerprint density at radius 3 is 2.60 bits per heavy atom. The minimum atomic E-state index is -0.467. The van der Waals surface area contributed by atoms with Crippen LogP contribution in [0.15, 0.2) is 17.2 Å². The van der Waals surface area contributed by atoms with Crippen molar-refractivity contribution in [1.82, 2.24) is 39.7 Å². The summed E-state index contributed by atoms with van der Waals surface area (Å²) >= 11 is 0. The highest BCUT2D eigenvalue weighted by Gasteiger charge is 2.72. The molecule has 246 valence electrons. The quantitative estimate of drug-likeness (QED) is 0.414. The van der Waals surface area contributed by atoms with Gasteiger partial charge in [0.15, 0.2) is 22.6 Å². The molecule has 1 spiro atoms. The number of hydrogen-bond acceptors (Lipinski definition) is 9. The van der Waals surface area contributed by atoms with E-state index in [1.165, 1.54) is 19.2 Å². The van der Waals surface area contributed by atoms with E-state index in [0.29, 0.717) is 67.9 Å². The smallest absolute Gasteiger partial charge is 0.276 e. The highest BCUT2D eigenvalue weighted by atomic mass is 16.5. The van der Waals surface area contributed by atoms with E-state index in [-0.39, 0.29) is 52.2 Å². The minimum Gasteiger partial charge on any atom is -0.504 e. The first kappa shape index (κ1) is 29.0. The van der Waals surface area contributed by atoms with E-state index in [1.54, 1.807) is 16.6 Å². The van der Waals surface area contributed by atoms with Gasteiger partial charge < -0.3 is 24.6 Å². The summed E-state index contributed by atoms with van der Waals surface area (Å²) in [5.74, 6) is 0.266. The summed E-state index contributed by atoms with van der Waals surface area (Å²) in [7, 11) is 0. The Morgan fingerprint density at radius 1 is 1.13 bits per heavy atom. The fraction of sp³-hybridized carbons (Fsp3) is 0.618. The molecule has 3 aromatic rings. The van der Waals surface area contributed by atoms with E-state index in [4.69, 9.17) is 14.9 Å². The SMILES string of the molecule is Cc1ncnc(C(=O)N2CCC3(CC2)CC(C)c2c3c(=O)c3nn(C4=CCOCC4)nc3n2CC(=O)NC23CC(C4CC4)(C2)C3)c1O. The van der Waals surface area contributed by atoms with Crippen LogP contribution in [-0.2, 0) is 21.5 Å². The molecule has 1 saturated heterocycles. The molecule has 2 aliphatic heterocycles. The van der Waals surface area contributed by atoms with Gasteiger partial charge in [0.05, 0.1) is 24.6 Å². The molecular weight excluding hydrogens is 600 g/mol. The molecule has 5 heterocycles. The lowest BCUT2D eigenvalue weighted by Gasteiger charge is -2.71. The van der Waals surface area contributed by atoms with E-state index in [9.17, 15) is 19.5 Å². The van der Waals surface area contributed by atoms with E-state index in [0.717, 1.165) is 43.0 Å². The lowest BCUT2D eigenvalue weighted by molar-refractivity contribution is -0.176. The van der Waals surface area contributed by atoms with Gasteiger partial charge in [0.2, 0.25) is 11.3 Å². The normalized spacial score (nSPS) is 28.9. The maximum absolute atomic E-state index is 14.5. The molecule has 0 radical (unpaired) electrons. The highest BCUT2D eigenvalue weighted by Crippen LogP contribution is 2.75. The Bertz CT molecular complexity index is 1930. The van der Waals surface area contributed by atoms with Crippen LogP contribution in [0, 0.1) is 18.3 Å². The first-order valence-corrected chi connectivity index (χ1v) is 17.0. The summed E-state index contributed by atoms with van der Waals surface area (Å²) in [5.41, 5.74) is 3.31. The van der Waals surface area contributed by atoms with Gasteiger partial charge in [0.25, 0.3) is 5.91 Å². The van der Waals surface area contributed by atoms with Crippen molar-refractivity contribution in [3.05, 3.63) is 45.3 Å². The summed E-state index contributed by atoms with van der Waals surface area (Å²) < 4.78 is 7.46. The maximum atomic E-state index is 14.5. The molecule has 4 saturated carbocycles. The summed E-state index contributed by atoms with van der Waals surface area (Å²) in [4.78, 5) is 52.9. The van der Waals surface area contributed by atoms with Gasteiger partial charge in [-0.2, -0.15) is 4.80 Å². The largest absolute Gasteiger partial charge is 0.504 e. The Balaban J connectivity index is 1.06. The van der Waals surface area contributed by atoms with Crippen molar-refractivity contribution in [3.63, 3.8) is 0 Å². The van der Waals surface area contributed by atoms with Gasteiger partial charge in [-0.25, -0.2) is 9.97 Å². The number of carbonyl (C=O) groups is 2. The van der Waals surface area contributed by atoms with Crippen LogP contribution in [0.1, 0.15) is 98.1 Å². The lowest BCUT2D eigenvalue weighted by atomic mass is 9.37. The number of aryl methyl sites for hydroxylation is 1. The molecule has 2 bridgehead atoms. The van der Waals surface area contributed by atoms with Crippen molar-refractivity contribution in [3.8, 4) is 5.75 Å². The number of piperidine rings is 1. The summed E-state index contributed by atoms with van der Waals surface area (Å²) in [6.45, 7) is 5.68. The van der Waals surface area contributed by atoms with E-state index in [1.807, 2.05) is 10.6 Å². The molecule has 2 N–H and O–H groups in total. The van der Waals surface area contributed by atoms with Crippen LogP contribution in [0.4, 0.5) is 0 Å². The summed E-state index contributed by atoms with van der Waals surface area (Å²) in [5, 5.41) is 23.4. The van der Waals surface area contributed by atoms with Crippen molar-refractivity contribution >= 4 is 28.7 Å². The summed E-state index contributed by atoms with van der Waals surface area (Å²) in [6.07, 6.45) is 11.7. The topological polar surface area (TPSA) is 157 Å². The first-order chi connectivity index (χ1) is 22.6. The molecule has 5 aliphatic carbocycles. The molecule has 13 nitrogen and oxygen atoms in total. The molecule has 1 unspecified atom stereocenters. The van der Waals surface area contributed by atoms with Crippen LogP contribution in [0.3, 0.4) is 0 Å². The first-order valence-electron chi connectivity index (χ1n) is 17.0. The number of likely N-dealkylation sites (tertiary alicyclic amines) is 1. The Labute approximate surface area is 271 Å². The van der Waals surface area contributed by atoms with Crippen molar-refractivity contribution in [1.29, 1.82) is 0 Å². The van der Waals surface area contributed by atoms with Gasteiger partial charge in [-0.3, -0.25) is 14.4 Å². The molecule has 7 aliphatic rings. The second kappa shape index (κ2) is 9.94. The standard InChI is InChI=1S/C34H40N8O5/c1-19-13-32(7-9-40(10-8-32)31(46)26-28(44)20(2)35-18-36-26)24-27(19)41(14-23(43)37-34-15-33(16-34,17-34)21-3-4-21)30-25(29(24)45)38-42(39-30)22-5-11-47-12-6-22/h5,18-19,21,44H,3-4,6-17H2,1-2H3,(H,37,43). The van der Waals surface area contributed by atoms with Crippen LogP contribution in [0.25, 0.3) is 16.9 Å². The molecule has 47 heavy (non-hydrogen) atoms. The van der Waals surface area contributed by atoms with Gasteiger partial charge in [-0.15, -0.1) is 10.2 Å². The van der Waals surface area contributed by atoms with Crippen LogP contribution in [0.5, 0.6) is 5.75 Å². The number of ether oxygens (including phenoxy) is 1. The number of aromatic hydroxyl groups is 1. The minimum absolute atomic E-state index is 0.00508. The van der Waals surface area contributed by atoms with Crippen LogP contribution >= 0.6 is 0 Å². The van der Waals surface area contributed by atoms with Crippen LogP contribution in [0.2, 0.25) is 0 Å². The Hall–Kier alpha value is -4.13. The second-order valence-corrected chi connectivity index (χ2v) is 15.2. The second-order valence-electron chi connectivity index (χ2n) is 15.2. The number of amides is 2. The average molecular weight is 641 g/mol. The molecule has 10 rings (SSSR count). The zero-order valence-corrected chi connectivity index (χ0v) is 26.9. The fourth-order valence-electron chi connectivity index (χ4n) is 9.88. The number of nitrogens with zero attached hydrogens (tertiary/aromatic N) is 7. The third-order valence-corrected chi connectivity index (χ3v) is 12.2. The van der Waals surface area contributed by atoms with Crippen molar-refractivity contribution < 1.29 is 19.4 Å². The predicted octanol–water partition coefficient (Wildman–Crippen LogP) is 2.79. The number of nitrogens with one attached hydrogen (secondary N) is 1. The number of pyridine rings is 1. The fourth-order valence-corrected chi connectivity index (χ4v) is 9.88. The number of hydrogen-bond donors (Lipinski definition) is 2. The zero-order valence-electron chi connectivity index (χ0n) is 26.9. The molecular formula is C34H40N8O5. The van der Waals surface area contributed by atoms with Crippen molar-refractivity contribution in [2.75, 3.05) is 26.3 Å². The van der Waals surface area contributed by atoms with Gasteiger partial charge in [-0.05, 0) is 81.6 Å². The highest BCUT2D eigenvalue weighted by molar-refractivity contribution is 5.95. The van der Waals surface area contributed by atoms with E-state index < -0.39 is 5.41 Å². The maximum Gasteiger partial charge on any atom is 0.276 e. The van der Waals surface area contributed by atoms with E-state index >= 15 is 0 Å². The van der Waals surface area contributed by atoms with Crippen molar-refractivity contribution in [2.24, 2.45) is 11.3 Å². The molecule has 2 amide bonds. The molecule has 3 aromatic heterocycles. The molecule has 13 heteroatoms. The van der Waals surface area contributed by atoms with Crippen molar-refractivity contribution in [2.45, 2.75) is 95.1 Å². The Kier molecular flexibility index (Phi) is 6.14. The average Bonchev–Trinajstić information content (AvgIpc) is 3.70. The predicted molar refractivity (Wildman–Crippen MR) is 170 cm³/mol. The number of fused-ring (bicyclic) bond motifs is 3. The number of carbonyl (C=O) groups excluding carboxylic acids is 2. The molecule has 0 aromatic carbocycles. The monoisotopic (exact) mass is 640 g/mol. The zero-order chi connectivity index (χ0) is 32.3. The molecule has 1 atom stereocenters. The van der Waals surface area contributed by atoms with Gasteiger partial charge in [0, 0.05) is 41.7 Å². The van der Waals surface area contributed by atoms with E-state index in [2.05, 4.69) is 22.2 Å². The third kappa shape index (κ3) is 4.27.